The van der Waals surface area contributed by atoms with Crippen LogP contribution in [-0.2, 0) is 0 Å². The summed E-state index contributed by atoms with van der Waals surface area (Å²) in [5, 5.41) is 11.1. The average Bonchev–Trinajstić information content (AvgIpc) is 2.09. The largest absolute Gasteiger partial charge is 0.805 e. The van der Waals surface area contributed by atoms with Gasteiger partial charge in [-0.05, 0) is 31.7 Å². The van der Waals surface area contributed by atoms with E-state index in [9.17, 15) is 5.21 Å². The van der Waals surface area contributed by atoms with Crippen LogP contribution in [0.5, 0.6) is 0 Å². The van der Waals surface area contributed by atoms with Crippen molar-refractivity contribution in [3.63, 3.8) is 0 Å². The Morgan fingerprint density at radius 2 is 2.33 bits per heavy atom. The van der Waals surface area contributed by atoms with Gasteiger partial charge in [0.1, 0.15) is 5.49 Å². The number of aromatic nitrogens is 1. The van der Waals surface area contributed by atoms with Crippen LogP contribution in [0.25, 0.3) is 0 Å². The van der Waals surface area contributed by atoms with Crippen LogP contribution in [0.2, 0.25) is 0 Å². The topological polar surface area (TPSA) is 40.3 Å². The fourth-order valence-electron chi connectivity index (χ4n) is 0.836. The monoisotopic (exact) mass is 165 g/mol. The molecule has 0 aliphatic heterocycles. The van der Waals surface area contributed by atoms with E-state index in [-0.39, 0.29) is 6.04 Å². The van der Waals surface area contributed by atoms with Gasteiger partial charge in [-0.2, -0.15) is 0 Å². The van der Waals surface area contributed by atoms with Crippen LogP contribution in [0.3, 0.4) is 0 Å². The van der Waals surface area contributed by atoms with Crippen molar-refractivity contribution >= 4 is 0 Å². The Labute approximate surface area is 72.0 Å². The van der Waals surface area contributed by atoms with Crippen molar-refractivity contribution in [3.8, 4) is 0 Å². The zero-order valence-electron chi connectivity index (χ0n) is 7.40. The molecule has 0 aromatic carbocycles. The second kappa shape index (κ2) is 3.95. The quantitative estimate of drug-likeness (QED) is 0.655. The Balaban J connectivity index is 3.01. The van der Waals surface area contributed by atoms with Gasteiger partial charge in [0.25, 0.3) is 0 Å². The Morgan fingerprint density at radius 3 is 2.92 bits per heavy atom. The molecule has 0 bridgehead atoms. The lowest BCUT2D eigenvalue weighted by Crippen LogP contribution is -2.17. The van der Waals surface area contributed by atoms with E-state index in [0.717, 1.165) is 11.2 Å². The second-order valence-corrected chi connectivity index (χ2v) is 2.77. The maximum absolute atomic E-state index is 11.1. The van der Waals surface area contributed by atoms with Crippen LogP contribution in [0, 0.1) is 5.21 Å². The van der Waals surface area contributed by atoms with Gasteiger partial charge in [-0.15, -0.1) is 0 Å². The van der Waals surface area contributed by atoms with E-state index in [1.54, 1.807) is 12.1 Å². The molecule has 1 aromatic rings. The zero-order chi connectivity index (χ0) is 8.97. The smallest absolute Gasteiger partial charge is 0.122 e. The van der Waals surface area contributed by atoms with Crippen molar-refractivity contribution in [2.24, 2.45) is 4.99 Å². The molecule has 3 heteroatoms. The van der Waals surface area contributed by atoms with Crippen LogP contribution in [0.15, 0.2) is 29.4 Å². The van der Waals surface area contributed by atoms with Gasteiger partial charge in [0.2, 0.25) is 0 Å². The predicted molar refractivity (Wildman–Crippen MR) is 48.5 cm³/mol. The molecule has 0 N–H and O–H groups in total. The second-order valence-electron chi connectivity index (χ2n) is 2.77. The highest BCUT2D eigenvalue weighted by Gasteiger charge is 1.91. The standard InChI is InChI=1S/C9H13N2O/c1-3-8(2)10-9-6-4-5-7-11(9)12/h4-8H,3H2,1-2H3/q-1. The third-order valence-corrected chi connectivity index (χ3v) is 1.75. The summed E-state index contributed by atoms with van der Waals surface area (Å²) >= 11 is 0. The highest BCUT2D eigenvalue weighted by atomic mass is 16.5. The zero-order valence-corrected chi connectivity index (χ0v) is 7.40. The Kier molecular flexibility index (Phi) is 2.91. The molecule has 0 aliphatic carbocycles. The van der Waals surface area contributed by atoms with Crippen LogP contribution in [-0.4, -0.2) is 10.8 Å². The molecule has 1 rings (SSSR count). The molecule has 1 heterocycles. The minimum Gasteiger partial charge on any atom is -0.805 e. The van der Waals surface area contributed by atoms with E-state index in [4.69, 9.17) is 0 Å². The fraction of sp³-hybridized carbons (Fsp3) is 0.444. The van der Waals surface area contributed by atoms with Crippen molar-refractivity contribution in [1.29, 1.82) is 0 Å². The molecule has 66 valence electrons. The summed E-state index contributed by atoms with van der Waals surface area (Å²) in [5.41, 5.74) is 0.492. The summed E-state index contributed by atoms with van der Waals surface area (Å²) in [5.74, 6) is 0. The molecule has 1 aromatic heterocycles. The first kappa shape index (κ1) is 8.84. The van der Waals surface area contributed by atoms with E-state index >= 15 is 0 Å². The first-order chi connectivity index (χ1) is 5.74. The first-order valence-corrected chi connectivity index (χ1v) is 4.13. The van der Waals surface area contributed by atoms with Gasteiger partial charge in [-0.3, -0.25) is 4.99 Å². The minimum atomic E-state index is 0.215. The van der Waals surface area contributed by atoms with Gasteiger partial charge in [0, 0.05) is 6.04 Å². The van der Waals surface area contributed by atoms with Crippen LogP contribution in [0.4, 0.5) is 0 Å². The number of pyridine rings is 1. The lowest BCUT2D eigenvalue weighted by atomic mass is 10.3. The maximum Gasteiger partial charge on any atom is 0.122 e. The molecule has 0 radical (unpaired) electrons. The molecule has 3 nitrogen and oxygen atoms in total. The summed E-state index contributed by atoms with van der Waals surface area (Å²) < 4.78 is 0.784. The molecular formula is C9H13N2O-. The third-order valence-electron chi connectivity index (χ3n) is 1.75. The molecule has 1 unspecified atom stereocenters. The van der Waals surface area contributed by atoms with Crippen LogP contribution >= 0.6 is 0 Å². The Hall–Kier alpha value is -1.25. The lowest BCUT2D eigenvalue weighted by Gasteiger charge is -2.10. The van der Waals surface area contributed by atoms with Gasteiger partial charge in [-0.1, -0.05) is 13.0 Å². The number of hydrogen-bond acceptors (Lipinski definition) is 2. The average molecular weight is 165 g/mol. The van der Waals surface area contributed by atoms with E-state index in [2.05, 4.69) is 4.99 Å². The van der Waals surface area contributed by atoms with E-state index in [1.165, 1.54) is 6.20 Å². The number of rotatable bonds is 2. The molecule has 0 spiro atoms. The maximum atomic E-state index is 11.1. The Morgan fingerprint density at radius 1 is 1.58 bits per heavy atom. The normalized spacial score (nSPS) is 14.7. The highest BCUT2D eigenvalue weighted by Crippen LogP contribution is 1.92. The number of nitrogens with zero attached hydrogens (tertiary/aromatic N) is 2. The van der Waals surface area contributed by atoms with Gasteiger partial charge in [0.15, 0.2) is 0 Å². The van der Waals surface area contributed by atoms with Gasteiger partial charge >= 0.3 is 0 Å². The van der Waals surface area contributed by atoms with E-state index < -0.39 is 0 Å². The van der Waals surface area contributed by atoms with Crippen molar-refractivity contribution in [2.75, 3.05) is 0 Å². The minimum absolute atomic E-state index is 0.215. The Bertz CT molecular complexity index is 303. The molecule has 0 amide bonds. The SMILES string of the molecule is CCC(C)N=c1ccccn1[O-]. The molecule has 0 saturated heterocycles. The first-order valence-electron chi connectivity index (χ1n) is 4.13. The molecule has 0 fully saturated rings. The molecule has 0 aliphatic rings. The molecule has 12 heavy (non-hydrogen) atoms. The van der Waals surface area contributed by atoms with E-state index in [1.807, 2.05) is 19.9 Å². The molecule has 1 atom stereocenters. The van der Waals surface area contributed by atoms with E-state index in [0.29, 0.717) is 5.49 Å². The molecule has 0 saturated carbocycles. The summed E-state index contributed by atoms with van der Waals surface area (Å²) in [4.78, 5) is 4.23. The lowest BCUT2D eigenvalue weighted by molar-refractivity contribution is 0.680. The van der Waals surface area contributed by atoms with Crippen molar-refractivity contribution in [1.82, 2.24) is 4.73 Å². The van der Waals surface area contributed by atoms with Gasteiger partial charge in [0.05, 0.1) is 0 Å². The van der Waals surface area contributed by atoms with Gasteiger partial charge in [-0.25, -0.2) is 0 Å². The summed E-state index contributed by atoms with van der Waals surface area (Å²) in [6.07, 6.45) is 2.41. The van der Waals surface area contributed by atoms with Crippen LogP contribution in [0.1, 0.15) is 20.3 Å². The van der Waals surface area contributed by atoms with Crippen molar-refractivity contribution in [2.45, 2.75) is 26.3 Å². The summed E-state index contributed by atoms with van der Waals surface area (Å²) in [7, 11) is 0. The number of hydrogen-bond donors (Lipinski definition) is 0. The third kappa shape index (κ3) is 2.12. The summed E-state index contributed by atoms with van der Waals surface area (Å²) in [6.45, 7) is 4.04. The van der Waals surface area contributed by atoms with Crippen LogP contribution < -0.4 is 5.49 Å². The van der Waals surface area contributed by atoms with Crippen molar-refractivity contribution in [3.05, 3.63) is 35.1 Å². The van der Waals surface area contributed by atoms with Gasteiger partial charge < -0.3 is 9.94 Å². The highest BCUT2D eigenvalue weighted by molar-refractivity contribution is 4.94. The summed E-state index contributed by atoms with van der Waals surface area (Å²) in [6, 6.07) is 5.45. The predicted octanol–water partition coefficient (Wildman–Crippen LogP) is 1.53. The van der Waals surface area contributed by atoms with Crippen molar-refractivity contribution < 1.29 is 0 Å². The fourth-order valence-corrected chi connectivity index (χ4v) is 0.836. The molecular weight excluding hydrogens is 152 g/mol.